The van der Waals surface area contributed by atoms with Gasteiger partial charge in [-0.1, -0.05) is 0 Å². The van der Waals surface area contributed by atoms with Gasteiger partial charge in [-0.15, -0.1) is 0 Å². The van der Waals surface area contributed by atoms with Crippen molar-refractivity contribution >= 4 is 0 Å². The van der Waals surface area contributed by atoms with Crippen molar-refractivity contribution in [3.8, 4) is 0 Å². The molecule has 0 fully saturated rings. The highest BCUT2D eigenvalue weighted by molar-refractivity contribution is 4.94. The average molecular weight is 252 g/mol. The van der Waals surface area contributed by atoms with Gasteiger partial charge in [0.15, 0.2) is 0 Å². The Kier molecular flexibility index (Phi) is 4.91. The molecule has 17 heavy (non-hydrogen) atoms. The average Bonchev–Trinajstić information content (AvgIpc) is 2.61. The minimum Gasteiger partial charge on any atom is -0.370 e. The molecule has 1 unspecified atom stereocenters. The van der Waals surface area contributed by atoms with E-state index < -0.39 is 18.8 Å². The van der Waals surface area contributed by atoms with Crippen LogP contribution in [-0.4, -0.2) is 35.0 Å². The molecule has 1 atom stereocenters. The van der Waals surface area contributed by atoms with Gasteiger partial charge in [0.1, 0.15) is 12.4 Å². The molecule has 0 spiro atoms. The molecule has 0 aromatic carbocycles. The predicted molar refractivity (Wildman–Crippen MR) is 54.9 cm³/mol. The van der Waals surface area contributed by atoms with Crippen molar-refractivity contribution < 1.29 is 17.9 Å². The molecule has 8 heteroatoms. The lowest BCUT2D eigenvalue weighted by molar-refractivity contribution is -0.175. The van der Waals surface area contributed by atoms with E-state index in [1.54, 1.807) is 24.0 Å². The van der Waals surface area contributed by atoms with Gasteiger partial charge in [0.05, 0.1) is 12.6 Å². The molecule has 0 amide bonds. The SMILES string of the molecule is Cn1ccnc1CC(COCC(F)(F)F)NN. The molecule has 5 nitrogen and oxygen atoms in total. The molecule has 0 aliphatic carbocycles. The van der Waals surface area contributed by atoms with Crippen molar-refractivity contribution in [2.75, 3.05) is 13.2 Å². The Balaban J connectivity index is 2.37. The smallest absolute Gasteiger partial charge is 0.370 e. The molecule has 0 bridgehead atoms. The van der Waals surface area contributed by atoms with E-state index in [4.69, 9.17) is 5.84 Å². The number of ether oxygens (including phenoxy) is 1. The zero-order valence-electron chi connectivity index (χ0n) is 9.37. The number of aromatic nitrogens is 2. The Morgan fingerprint density at radius 2 is 2.29 bits per heavy atom. The van der Waals surface area contributed by atoms with Gasteiger partial charge in [-0.3, -0.25) is 11.3 Å². The number of alkyl halides is 3. The van der Waals surface area contributed by atoms with Gasteiger partial charge in [-0.05, 0) is 0 Å². The number of hydrogen-bond acceptors (Lipinski definition) is 4. The van der Waals surface area contributed by atoms with Crippen LogP contribution < -0.4 is 11.3 Å². The summed E-state index contributed by atoms with van der Waals surface area (Å²) in [5, 5.41) is 0. The highest BCUT2D eigenvalue weighted by Crippen LogP contribution is 2.14. The summed E-state index contributed by atoms with van der Waals surface area (Å²) in [7, 11) is 1.80. The standard InChI is InChI=1S/C9H15F3N4O/c1-16-3-2-14-8(16)4-7(15-13)5-17-6-9(10,11)12/h2-3,7,15H,4-6,13H2,1H3. The Morgan fingerprint density at radius 3 is 2.76 bits per heavy atom. The fourth-order valence-corrected chi connectivity index (χ4v) is 1.30. The van der Waals surface area contributed by atoms with Gasteiger partial charge < -0.3 is 9.30 Å². The van der Waals surface area contributed by atoms with Crippen LogP contribution in [0.2, 0.25) is 0 Å². The van der Waals surface area contributed by atoms with E-state index in [-0.39, 0.29) is 6.61 Å². The number of halogens is 3. The first-order chi connectivity index (χ1) is 7.92. The van der Waals surface area contributed by atoms with Crippen molar-refractivity contribution in [2.45, 2.75) is 18.6 Å². The lowest BCUT2D eigenvalue weighted by atomic mass is 10.2. The zero-order chi connectivity index (χ0) is 12.9. The number of nitrogens with two attached hydrogens (primary N) is 1. The normalized spacial score (nSPS) is 13.9. The van der Waals surface area contributed by atoms with Gasteiger partial charge in [0.25, 0.3) is 0 Å². The summed E-state index contributed by atoms with van der Waals surface area (Å²) >= 11 is 0. The molecule has 1 rings (SSSR count). The number of nitrogens with zero attached hydrogens (tertiary/aromatic N) is 2. The molecule has 0 saturated heterocycles. The van der Waals surface area contributed by atoms with Crippen LogP contribution in [0.25, 0.3) is 0 Å². The molecule has 0 aliphatic rings. The molecular weight excluding hydrogens is 237 g/mol. The summed E-state index contributed by atoms with van der Waals surface area (Å²) < 4.78 is 41.9. The number of nitrogens with one attached hydrogen (secondary N) is 1. The molecule has 0 aliphatic heterocycles. The van der Waals surface area contributed by atoms with E-state index in [1.165, 1.54) is 0 Å². The van der Waals surface area contributed by atoms with Crippen molar-refractivity contribution in [1.82, 2.24) is 15.0 Å². The fraction of sp³-hybridized carbons (Fsp3) is 0.667. The first kappa shape index (κ1) is 13.9. The number of rotatable bonds is 6. The summed E-state index contributed by atoms with van der Waals surface area (Å²) in [6.07, 6.45) is -0.556. The second-order valence-electron chi connectivity index (χ2n) is 3.65. The maximum Gasteiger partial charge on any atom is 0.411 e. The van der Waals surface area contributed by atoms with E-state index in [0.717, 1.165) is 5.82 Å². The van der Waals surface area contributed by atoms with Crippen LogP contribution in [0, 0.1) is 0 Å². The summed E-state index contributed by atoms with van der Waals surface area (Å²) in [4.78, 5) is 4.05. The third-order valence-electron chi connectivity index (χ3n) is 2.17. The maximum absolute atomic E-state index is 11.9. The van der Waals surface area contributed by atoms with Gasteiger partial charge in [0, 0.05) is 25.9 Å². The maximum atomic E-state index is 11.9. The second-order valence-corrected chi connectivity index (χ2v) is 3.65. The molecule has 1 heterocycles. The third-order valence-corrected chi connectivity index (χ3v) is 2.17. The Labute approximate surface area is 96.7 Å². The second kappa shape index (κ2) is 5.99. The monoisotopic (exact) mass is 252 g/mol. The van der Waals surface area contributed by atoms with E-state index in [1.807, 2.05) is 0 Å². The Hall–Kier alpha value is -1.12. The van der Waals surface area contributed by atoms with E-state index >= 15 is 0 Å². The van der Waals surface area contributed by atoms with Crippen LogP contribution in [0.4, 0.5) is 13.2 Å². The minimum atomic E-state index is -4.32. The summed E-state index contributed by atoms with van der Waals surface area (Å²) in [5.74, 6) is 5.97. The molecule has 0 radical (unpaired) electrons. The van der Waals surface area contributed by atoms with Gasteiger partial charge in [-0.2, -0.15) is 13.2 Å². The third kappa shape index (κ3) is 5.16. The van der Waals surface area contributed by atoms with Crippen LogP contribution in [0.5, 0.6) is 0 Å². The van der Waals surface area contributed by atoms with E-state index in [2.05, 4.69) is 15.1 Å². The number of hydrazine groups is 1. The van der Waals surface area contributed by atoms with Crippen LogP contribution in [-0.2, 0) is 18.2 Å². The van der Waals surface area contributed by atoms with Crippen molar-refractivity contribution in [2.24, 2.45) is 12.9 Å². The van der Waals surface area contributed by atoms with Gasteiger partial charge in [-0.25, -0.2) is 4.98 Å². The minimum absolute atomic E-state index is 0.122. The quantitative estimate of drug-likeness (QED) is 0.567. The molecule has 1 aromatic heterocycles. The lowest BCUT2D eigenvalue weighted by Crippen LogP contribution is -2.41. The summed E-state index contributed by atoms with van der Waals surface area (Å²) in [6.45, 7) is -1.39. The van der Waals surface area contributed by atoms with Crippen molar-refractivity contribution in [1.29, 1.82) is 0 Å². The molecule has 1 aromatic rings. The van der Waals surface area contributed by atoms with Crippen LogP contribution in [0.3, 0.4) is 0 Å². The van der Waals surface area contributed by atoms with Crippen LogP contribution in [0.1, 0.15) is 5.82 Å². The lowest BCUT2D eigenvalue weighted by Gasteiger charge is -2.16. The number of hydrogen-bond donors (Lipinski definition) is 2. The van der Waals surface area contributed by atoms with Gasteiger partial charge in [0.2, 0.25) is 0 Å². The van der Waals surface area contributed by atoms with Crippen LogP contribution in [0.15, 0.2) is 12.4 Å². The topological polar surface area (TPSA) is 65.1 Å². The largest absolute Gasteiger partial charge is 0.411 e. The first-order valence-corrected chi connectivity index (χ1v) is 4.99. The molecular formula is C9H15F3N4O. The fourth-order valence-electron chi connectivity index (χ4n) is 1.30. The Morgan fingerprint density at radius 1 is 1.59 bits per heavy atom. The van der Waals surface area contributed by atoms with E-state index in [9.17, 15) is 13.2 Å². The molecule has 3 N–H and O–H groups in total. The van der Waals surface area contributed by atoms with Crippen LogP contribution >= 0.6 is 0 Å². The number of imidazole rings is 1. The highest BCUT2D eigenvalue weighted by Gasteiger charge is 2.28. The molecule has 98 valence electrons. The highest BCUT2D eigenvalue weighted by atomic mass is 19.4. The van der Waals surface area contributed by atoms with Crippen molar-refractivity contribution in [3.05, 3.63) is 18.2 Å². The summed E-state index contributed by atoms with van der Waals surface area (Å²) in [5.41, 5.74) is 2.41. The predicted octanol–water partition coefficient (Wildman–Crippen LogP) is 0.373. The molecule has 0 saturated carbocycles. The number of aryl methyl sites for hydroxylation is 1. The zero-order valence-corrected chi connectivity index (χ0v) is 9.37. The Bertz CT molecular complexity index is 339. The summed E-state index contributed by atoms with van der Waals surface area (Å²) in [6, 6.07) is -0.404. The van der Waals surface area contributed by atoms with Crippen molar-refractivity contribution in [3.63, 3.8) is 0 Å². The van der Waals surface area contributed by atoms with E-state index in [0.29, 0.717) is 6.42 Å². The first-order valence-electron chi connectivity index (χ1n) is 4.99. The van der Waals surface area contributed by atoms with Gasteiger partial charge >= 0.3 is 6.18 Å².